The normalized spacial score (nSPS) is 22.0. The highest BCUT2D eigenvalue weighted by atomic mass is 32.2. The molecule has 0 radical (unpaired) electrons. The van der Waals surface area contributed by atoms with Gasteiger partial charge in [-0.1, -0.05) is 13.8 Å². The standard InChI is InChI=1S/C14H18N2O4S/c1-9-7-15(8-10(2)21-9)13-6-11(14(17)20-3)4-5-12(13)16(18)19/h4-6,9-10H,7-8H2,1-3H3. The van der Waals surface area contributed by atoms with E-state index in [-0.39, 0.29) is 5.69 Å². The molecule has 1 aliphatic heterocycles. The molecule has 1 fully saturated rings. The Bertz CT molecular complexity index is 554. The van der Waals surface area contributed by atoms with Crippen LogP contribution in [0, 0.1) is 10.1 Å². The third-order valence-electron chi connectivity index (χ3n) is 3.35. The average Bonchev–Trinajstić information content (AvgIpc) is 2.44. The summed E-state index contributed by atoms with van der Waals surface area (Å²) in [5.41, 5.74) is 0.840. The molecule has 2 atom stereocenters. The summed E-state index contributed by atoms with van der Waals surface area (Å²) in [6, 6.07) is 4.36. The highest BCUT2D eigenvalue weighted by molar-refractivity contribution is 8.00. The van der Waals surface area contributed by atoms with Crippen molar-refractivity contribution < 1.29 is 14.5 Å². The van der Waals surface area contributed by atoms with Crippen molar-refractivity contribution in [2.24, 2.45) is 0 Å². The minimum absolute atomic E-state index is 0.0222. The summed E-state index contributed by atoms with van der Waals surface area (Å²) >= 11 is 1.87. The van der Waals surface area contributed by atoms with E-state index in [4.69, 9.17) is 0 Å². The lowest BCUT2D eigenvalue weighted by atomic mass is 10.1. The van der Waals surface area contributed by atoms with Gasteiger partial charge in [0.15, 0.2) is 0 Å². The van der Waals surface area contributed by atoms with Gasteiger partial charge in [0, 0.05) is 29.7 Å². The molecule has 7 heteroatoms. The number of nitro benzene ring substituents is 1. The van der Waals surface area contributed by atoms with Gasteiger partial charge in [-0.3, -0.25) is 10.1 Å². The Hall–Kier alpha value is -1.76. The summed E-state index contributed by atoms with van der Waals surface area (Å²) in [5.74, 6) is -0.487. The summed E-state index contributed by atoms with van der Waals surface area (Å²) in [7, 11) is 1.30. The van der Waals surface area contributed by atoms with E-state index in [1.165, 1.54) is 19.2 Å². The molecule has 2 rings (SSSR count). The van der Waals surface area contributed by atoms with Crippen LogP contribution in [0.3, 0.4) is 0 Å². The number of rotatable bonds is 3. The second-order valence-corrected chi connectivity index (χ2v) is 7.00. The first-order valence-electron chi connectivity index (χ1n) is 6.69. The molecule has 1 aromatic carbocycles. The molecular formula is C14H18N2O4S. The molecule has 0 bridgehead atoms. The van der Waals surface area contributed by atoms with Gasteiger partial charge in [0.2, 0.25) is 0 Å². The number of methoxy groups -OCH3 is 1. The van der Waals surface area contributed by atoms with Crippen molar-refractivity contribution in [2.75, 3.05) is 25.1 Å². The van der Waals surface area contributed by atoms with Gasteiger partial charge < -0.3 is 9.64 Å². The van der Waals surface area contributed by atoms with E-state index in [2.05, 4.69) is 18.6 Å². The molecule has 1 aliphatic rings. The number of anilines is 1. The van der Waals surface area contributed by atoms with Crippen LogP contribution in [0.1, 0.15) is 24.2 Å². The molecular weight excluding hydrogens is 292 g/mol. The fraction of sp³-hybridized carbons (Fsp3) is 0.500. The van der Waals surface area contributed by atoms with Gasteiger partial charge in [0.1, 0.15) is 5.69 Å². The van der Waals surface area contributed by atoms with Crippen molar-refractivity contribution in [1.82, 2.24) is 0 Å². The quantitative estimate of drug-likeness (QED) is 0.485. The number of nitrogens with zero attached hydrogens (tertiary/aromatic N) is 2. The maximum Gasteiger partial charge on any atom is 0.337 e. The van der Waals surface area contributed by atoms with E-state index in [0.29, 0.717) is 21.8 Å². The largest absolute Gasteiger partial charge is 0.465 e. The van der Waals surface area contributed by atoms with Gasteiger partial charge >= 0.3 is 5.97 Å². The first-order valence-corrected chi connectivity index (χ1v) is 7.63. The molecule has 114 valence electrons. The molecule has 1 heterocycles. The molecule has 1 saturated heterocycles. The molecule has 0 aliphatic carbocycles. The fourth-order valence-corrected chi connectivity index (χ4v) is 3.88. The van der Waals surface area contributed by atoms with Crippen molar-refractivity contribution in [3.8, 4) is 0 Å². The minimum atomic E-state index is -0.487. The first-order chi connectivity index (χ1) is 9.92. The fourth-order valence-electron chi connectivity index (χ4n) is 2.55. The van der Waals surface area contributed by atoms with Gasteiger partial charge in [0.25, 0.3) is 5.69 Å². The van der Waals surface area contributed by atoms with Crippen LogP contribution in [0.15, 0.2) is 18.2 Å². The zero-order chi connectivity index (χ0) is 15.6. The predicted octanol–water partition coefficient (Wildman–Crippen LogP) is 2.71. The monoisotopic (exact) mass is 310 g/mol. The van der Waals surface area contributed by atoms with Gasteiger partial charge in [-0.2, -0.15) is 11.8 Å². The van der Waals surface area contributed by atoms with Gasteiger partial charge in [-0.05, 0) is 12.1 Å². The summed E-state index contributed by atoms with van der Waals surface area (Å²) in [6.45, 7) is 5.65. The first kappa shape index (κ1) is 15.6. The van der Waals surface area contributed by atoms with Crippen molar-refractivity contribution in [3.63, 3.8) is 0 Å². The van der Waals surface area contributed by atoms with E-state index in [1.54, 1.807) is 6.07 Å². The maximum atomic E-state index is 11.6. The van der Waals surface area contributed by atoms with Crippen LogP contribution in [0.25, 0.3) is 0 Å². The topological polar surface area (TPSA) is 72.7 Å². The molecule has 1 aromatic rings. The Balaban J connectivity index is 2.43. The number of esters is 1. The Morgan fingerprint density at radius 3 is 2.52 bits per heavy atom. The number of hydrogen-bond donors (Lipinski definition) is 0. The molecule has 0 spiro atoms. The number of hydrogen-bond acceptors (Lipinski definition) is 6. The third kappa shape index (κ3) is 3.47. The van der Waals surface area contributed by atoms with Crippen molar-refractivity contribution in [1.29, 1.82) is 0 Å². The van der Waals surface area contributed by atoms with Crippen LogP contribution in [0.2, 0.25) is 0 Å². The second-order valence-electron chi connectivity index (χ2n) is 5.11. The zero-order valence-corrected chi connectivity index (χ0v) is 13.1. The summed E-state index contributed by atoms with van der Waals surface area (Å²) in [4.78, 5) is 24.5. The zero-order valence-electron chi connectivity index (χ0n) is 12.2. The lowest BCUT2D eigenvalue weighted by Crippen LogP contribution is -2.40. The summed E-state index contributed by atoms with van der Waals surface area (Å²) in [6.07, 6.45) is 0. The van der Waals surface area contributed by atoms with Crippen LogP contribution in [-0.4, -0.2) is 41.6 Å². The van der Waals surface area contributed by atoms with Crippen LogP contribution in [0.5, 0.6) is 0 Å². The summed E-state index contributed by atoms with van der Waals surface area (Å²) < 4.78 is 4.69. The number of carbonyl (C=O) groups excluding carboxylic acids is 1. The van der Waals surface area contributed by atoms with Gasteiger partial charge in [-0.15, -0.1) is 0 Å². The molecule has 0 saturated carbocycles. The predicted molar refractivity (Wildman–Crippen MR) is 83.2 cm³/mol. The second kappa shape index (κ2) is 6.34. The lowest BCUT2D eigenvalue weighted by molar-refractivity contribution is -0.384. The molecule has 2 unspecified atom stereocenters. The molecule has 6 nitrogen and oxygen atoms in total. The number of nitro groups is 1. The molecule has 0 amide bonds. The number of thioether (sulfide) groups is 1. The van der Waals surface area contributed by atoms with Crippen LogP contribution in [0.4, 0.5) is 11.4 Å². The van der Waals surface area contributed by atoms with Crippen LogP contribution >= 0.6 is 11.8 Å². The van der Waals surface area contributed by atoms with Crippen LogP contribution in [-0.2, 0) is 4.74 Å². The van der Waals surface area contributed by atoms with Gasteiger partial charge in [0.05, 0.1) is 17.6 Å². The Morgan fingerprint density at radius 2 is 2.00 bits per heavy atom. The molecule has 0 N–H and O–H groups in total. The Labute approximate surface area is 127 Å². The maximum absolute atomic E-state index is 11.6. The summed E-state index contributed by atoms with van der Waals surface area (Å²) in [5, 5.41) is 12.0. The third-order valence-corrected chi connectivity index (χ3v) is 4.58. The number of carbonyl (C=O) groups is 1. The Morgan fingerprint density at radius 1 is 1.38 bits per heavy atom. The highest BCUT2D eigenvalue weighted by Gasteiger charge is 2.28. The van der Waals surface area contributed by atoms with E-state index in [1.807, 2.05) is 16.7 Å². The lowest BCUT2D eigenvalue weighted by Gasteiger charge is -2.35. The smallest absolute Gasteiger partial charge is 0.337 e. The van der Waals surface area contributed by atoms with Gasteiger partial charge in [-0.25, -0.2) is 4.79 Å². The van der Waals surface area contributed by atoms with Crippen molar-refractivity contribution in [2.45, 2.75) is 24.3 Å². The number of benzene rings is 1. The highest BCUT2D eigenvalue weighted by Crippen LogP contribution is 2.34. The Kier molecular flexibility index (Phi) is 4.72. The molecule has 21 heavy (non-hydrogen) atoms. The van der Waals surface area contributed by atoms with E-state index in [0.717, 1.165) is 13.1 Å². The van der Waals surface area contributed by atoms with E-state index >= 15 is 0 Å². The SMILES string of the molecule is COC(=O)c1ccc([N+](=O)[O-])c(N2CC(C)SC(C)C2)c1. The average molecular weight is 310 g/mol. The van der Waals surface area contributed by atoms with Crippen LogP contribution < -0.4 is 4.90 Å². The van der Waals surface area contributed by atoms with E-state index in [9.17, 15) is 14.9 Å². The van der Waals surface area contributed by atoms with E-state index < -0.39 is 10.9 Å². The molecule has 0 aromatic heterocycles. The number of ether oxygens (including phenoxy) is 1. The van der Waals surface area contributed by atoms with Crippen molar-refractivity contribution >= 4 is 29.1 Å². The van der Waals surface area contributed by atoms with Crippen molar-refractivity contribution in [3.05, 3.63) is 33.9 Å². The minimum Gasteiger partial charge on any atom is -0.465 e.